The van der Waals surface area contributed by atoms with Gasteiger partial charge >= 0.3 is 0 Å². The van der Waals surface area contributed by atoms with Crippen LogP contribution in [0.1, 0.15) is 13.3 Å². The van der Waals surface area contributed by atoms with E-state index in [0.717, 1.165) is 6.42 Å². The smallest absolute Gasteiger partial charge is 0.0645 e. The molecule has 0 spiro atoms. The van der Waals surface area contributed by atoms with Gasteiger partial charge in [-0.05, 0) is 13.3 Å². The van der Waals surface area contributed by atoms with Crippen LogP contribution in [0.25, 0.3) is 0 Å². The summed E-state index contributed by atoms with van der Waals surface area (Å²) in [4.78, 5) is 0. The van der Waals surface area contributed by atoms with Crippen molar-refractivity contribution in [2.75, 3.05) is 26.4 Å². The Labute approximate surface area is 87.6 Å². The molecular formula is C12H21O2. The van der Waals surface area contributed by atoms with Crippen molar-refractivity contribution >= 4 is 0 Å². The molecule has 0 atom stereocenters. The number of hydrogen-bond acceptors (Lipinski definition) is 2. The standard InChI is InChI=1S/C12H21O2/c1-5-8-13-10-12(4,7-3)11-14-9-6-2/h5-6H,1-2,4,7-11H2,3H3. The van der Waals surface area contributed by atoms with Gasteiger partial charge in [0.15, 0.2) is 0 Å². The fourth-order valence-corrected chi connectivity index (χ4v) is 0.963. The molecule has 0 heterocycles. The summed E-state index contributed by atoms with van der Waals surface area (Å²) in [5.41, 5.74) is -0.147. The van der Waals surface area contributed by atoms with Crippen molar-refractivity contribution in [3.05, 3.63) is 32.2 Å². The number of ether oxygens (including phenoxy) is 2. The van der Waals surface area contributed by atoms with Gasteiger partial charge in [-0.25, -0.2) is 0 Å². The highest BCUT2D eigenvalue weighted by atomic mass is 16.5. The quantitative estimate of drug-likeness (QED) is 0.418. The van der Waals surface area contributed by atoms with Gasteiger partial charge in [0.2, 0.25) is 0 Å². The Kier molecular flexibility index (Phi) is 7.44. The van der Waals surface area contributed by atoms with E-state index in [9.17, 15) is 0 Å². The van der Waals surface area contributed by atoms with Crippen LogP contribution in [0, 0.1) is 12.3 Å². The minimum absolute atomic E-state index is 0.147. The molecule has 0 aromatic rings. The van der Waals surface area contributed by atoms with Gasteiger partial charge in [0.05, 0.1) is 26.4 Å². The van der Waals surface area contributed by atoms with Crippen LogP contribution in [0.5, 0.6) is 0 Å². The van der Waals surface area contributed by atoms with Crippen LogP contribution in [0.2, 0.25) is 0 Å². The second-order valence-corrected chi connectivity index (χ2v) is 3.46. The highest BCUT2D eigenvalue weighted by molar-refractivity contribution is 4.81. The van der Waals surface area contributed by atoms with Crippen molar-refractivity contribution in [3.63, 3.8) is 0 Å². The van der Waals surface area contributed by atoms with Crippen molar-refractivity contribution in [2.45, 2.75) is 13.3 Å². The largest absolute Gasteiger partial charge is 0.377 e. The molecule has 0 aliphatic rings. The lowest BCUT2D eigenvalue weighted by Gasteiger charge is -2.27. The van der Waals surface area contributed by atoms with Crippen molar-refractivity contribution in [1.29, 1.82) is 0 Å². The van der Waals surface area contributed by atoms with Crippen molar-refractivity contribution < 1.29 is 9.47 Å². The van der Waals surface area contributed by atoms with Crippen LogP contribution in [0.3, 0.4) is 0 Å². The maximum Gasteiger partial charge on any atom is 0.0645 e. The van der Waals surface area contributed by atoms with E-state index in [4.69, 9.17) is 9.47 Å². The highest BCUT2D eigenvalue weighted by Crippen LogP contribution is 2.21. The van der Waals surface area contributed by atoms with Gasteiger partial charge in [-0.15, -0.1) is 13.2 Å². The van der Waals surface area contributed by atoms with Crippen LogP contribution in [0.4, 0.5) is 0 Å². The molecule has 0 aromatic heterocycles. The van der Waals surface area contributed by atoms with E-state index >= 15 is 0 Å². The lowest BCUT2D eigenvalue weighted by Crippen LogP contribution is -2.29. The van der Waals surface area contributed by atoms with Crippen LogP contribution in [-0.2, 0) is 9.47 Å². The van der Waals surface area contributed by atoms with Gasteiger partial charge in [0.1, 0.15) is 0 Å². The summed E-state index contributed by atoms with van der Waals surface area (Å²) in [7, 11) is 0. The molecule has 0 saturated carbocycles. The lowest BCUT2D eigenvalue weighted by molar-refractivity contribution is 0.0149. The molecule has 0 aliphatic carbocycles. The van der Waals surface area contributed by atoms with Crippen molar-refractivity contribution in [3.8, 4) is 0 Å². The molecule has 0 unspecified atom stereocenters. The van der Waals surface area contributed by atoms with Crippen LogP contribution in [-0.4, -0.2) is 26.4 Å². The molecule has 14 heavy (non-hydrogen) atoms. The Balaban J connectivity index is 3.77. The zero-order valence-electron chi connectivity index (χ0n) is 9.13. The van der Waals surface area contributed by atoms with Gasteiger partial charge in [0.25, 0.3) is 0 Å². The first-order valence-corrected chi connectivity index (χ1v) is 4.91. The first-order valence-electron chi connectivity index (χ1n) is 4.91. The fourth-order valence-electron chi connectivity index (χ4n) is 0.963. The number of hydrogen-bond donors (Lipinski definition) is 0. The first kappa shape index (κ1) is 13.4. The monoisotopic (exact) mass is 197 g/mol. The molecule has 2 heteroatoms. The molecule has 0 saturated heterocycles. The van der Waals surface area contributed by atoms with E-state index < -0.39 is 0 Å². The minimum Gasteiger partial charge on any atom is -0.377 e. The molecule has 0 aromatic carbocycles. The minimum atomic E-state index is -0.147. The van der Waals surface area contributed by atoms with E-state index in [1.54, 1.807) is 12.2 Å². The third-order valence-electron chi connectivity index (χ3n) is 2.04. The molecule has 0 amide bonds. The molecular weight excluding hydrogens is 176 g/mol. The van der Waals surface area contributed by atoms with Gasteiger partial charge in [0, 0.05) is 5.41 Å². The molecule has 0 aliphatic heterocycles. The first-order chi connectivity index (χ1) is 6.68. The van der Waals surface area contributed by atoms with Gasteiger partial charge in [-0.1, -0.05) is 19.1 Å². The molecule has 0 N–H and O–H groups in total. The van der Waals surface area contributed by atoms with Crippen molar-refractivity contribution in [1.82, 2.24) is 0 Å². The normalized spacial score (nSPS) is 11.3. The summed E-state index contributed by atoms with van der Waals surface area (Å²) in [6, 6.07) is 0. The van der Waals surface area contributed by atoms with E-state index in [0.29, 0.717) is 26.4 Å². The molecule has 0 fully saturated rings. The lowest BCUT2D eigenvalue weighted by atomic mass is 9.90. The highest BCUT2D eigenvalue weighted by Gasteiger charge is 2.22. The average molecular weight is 197 g/mol. The zero-order valence-corrected chi connectivity index (χ0v) is 9.13. The predicted molar refractivity (Wildman–Crippen MR) is 60.1 cm³/mol. The molecule has 2 nitrogen and oxygen atoms in total. The third-order valence-corrected chi connectivity index (χ3v) is 2.04. The second-order valence-electron chi connectivity index (χ2n) is 3.46. The average Bonchev–Trinajstić information content (AvgIpc) is 2.19. The van der Waals surface area contributed by atoms with E-state index in [1.807, 2.05) is 0 Å². The van der Waals surface area contributed by atoms with Gasteiger partial charge < -0.3 is 9.47 Å². The Hall–Kier alpha value is -0.600. The van der Waals surface area contributed by atoms with Crippen LogP contribution < -0.4 is 0 Å². The van der Waals surface area contributed by atoms with Crippen LogP contribution in [0.15, 0.2) is 25.3 Å². The van der Waals surface area contributed by atoms with E-state index in [2.05, 4.69) is 27.0 Å². The summed E-state index contributed by atoms with van der Waals surface area (Å²) >= 11 is 0. The van der Waals surface area contributed by atoms with Gasteiger partial charge in [-0.2, -0.15) is 0 Å². The maximum absolute atomic E-state index is 5.38. The summed E-state index contributed by atoms with van der Waals surface area (Å²) < 4.78 is 10.8. The maximum atomic E-state index is 5.38. The number of rotatable bonds is 9. The molecule has 0 bridgehead atoms. The molecule has 0 rings (SSSR count). The Morgan fingerprint density at radius 3 is 1.79 bits per heavy atom. The fraction of sp³-hybridized carbons (Fsp3) is 0.583. The van der Waals surface area contributed by atoms with E-state index in [1.165, 1.54) is 0 Å². The molecule has 1 radical (unpaired) electrons. The Bertz CT molecular complexity index is 150. The summed E-state index contributed by atoms with van der Waals surface area (Å²) in [5, 5.41) is 0. The van der Waals surface area contributed by atoms with E-state index in [-0.39, 0.29) is 5.41 Å². The zero-order chi connectivity index (χ0) is 10.9. The third kappa shape index (κ3) is 5.95. The Morgan fingerprint density at radius 1 is 1.07 bits per heavy atom. The van der Waals surface area contributed by atoms with Crippen LogP contribution >= 0.6 is 0 Å². The summed E-state index contributed by atoms with van der Waals surface area (Å²) in [6.45, 7) is 15.7. The topological polar surface area (TPSA) is 18.5 Å². The Morgan fingerprint density at radius 2 is 1.50 bits per heavy atom. The van der Waals surface area contributed by atoms with Crippen molar-refractivity contribution in [2.24, 2.45) is 5.41 Å². The summed E-state index contributed by atoms with van der Waals surface area (Å²) in [6.07, 6.45) is 4.41. The molecule has 81 valence electrons. The van der Waals surface area contributed by atoms with Gasteiger partial charge in [-0.3, -0.25) is 0 Å². The predicted octanol–water partition coefficient (Wildman–Crippen LogP) is 2.62. The summed E-state index contributed by atoms with van der Waals surface area (Å²) in [5.74, 6) is 0. The SMILES string of the molecule is [CH2]C(CC)(COCC=C)COCC=C. The second kappa shape index (κ2) is 7.77.